The first-order chi connectivity index (χ1) is 17.0. The number of benzene rings is 1. The van der Waals surface area contributed by atoms with Crippen LogP contribution >= 0.6 is 11.8 Å². The Balaban J connectivity index is 3.03. The molecule has 0 bridgehead atoms. The minimum atomic E-state index is -1.45. The Morgan fingerprint density at radius 3 is 2.00 bits per heavy atom. The van der Waals surface area contributed by atoms with Crippen LogP contribution in [0.25, 0.3) is 0 Å². The fraction of sp³-hybridized carbons (Fsp3) is 0.500. The number of nitrogens with one attached hydrogen (secondary N) is 3. The summed E-state index contributed by atoms with van der Waals surface area (Å²) >= 11 is 1.49. The zero-order chi connectivity index (χ0) is 27.3. The Kier molecular flexibility index (Phi) is 13.3. The molecule has 1 rings (SSSR count). The van der Waals surface area contributed by atoms with Gasteiger partial charge in [0.05, 0.1) is 12.6 Å². The van der Waals surface area contributed by atoms with Crippen molar-refractivity contribution >= 4 is 41.4 Å². The van der Waals surface area contributed by atoms with E-state index in [0.29, 0.717) is 17.7 Å². The number of carboxylic acid groups (broad SMARTS) is 1. The second kappa shape index (κ2) is 15.6. The molecule has 0 aliphatic rings. The summed E-state index contributed by atoms with van der Waals surface area (Å²) in [6.45, 7) is -0.781. The lowest BCUT2D eigenvalue weighted by Crippen LogP contribution is -2.58. The third kappa shape index (κ3) is 10.9. The molecule has 0 heterocycles. The number of thioether (sulfide) groups is 1. The first kappa shape index (κ1) is 30.7. The monoisotopic (exact) mass is 527 g/mol. The summed E-state index contributed by atoms with van der Waals surface area (Å²) in [4.78, 5) is 60.6. The topological polar surface area (TPSA) is 234 Å². The molecule has 1 aromatic rings. The van der Waals surface area contributed by atoms with Gasteiger partial charge in [0.25, 0.3) is 0 Å². The first-order valence-electron chi connectivity index (χ1n) is 11.0. The summed E-state index contributed by atoms with van der Waals surface area (Å²) in [6, 6.07) is 0.632. The van der Waals surface area contributed by atoms with Crippen LogP contribution in [0.4, 0.5) is 0 Å². The number of carbonyl (C=O) groups is 5. The van der Waals surface area contributed by atoms with Crippen LogP contribution in [0.1, 0.15) is 24.8 Å². The van der Waals surface area contributed by atoms with Crippen molar-refractivity contribution < 1.29 is 39.3 Å². The molecule has 0 aliphatic heterocycles. The van der Waals surface area contributed by atoms with Crippen LogP contribution in [0.2, 0.25) is 0 Å². The second-order valence-corrected chi connectivity index (χ2v) is 8.95. The van der Waals surface area contributed by atoms with E-state index in [-0.39, 0.29) is 25.0 Å². The number of aliphatic hydroxyl groups is 1. The Morgan fingerprint density at radius 2 is 1.47 bits per heavy atom. The summed E-state index contributed by atoms with van der Waals surface area (Å²) in [7, 11) is 0. The number of rotatable bonds is 16. The van der Waals surface area contributed by atoms with Gasteiger partial charge in [-0.3, -0.25) is 19.2 Å². The van der Waals surface area contributed by atoms with Crippen molar-refractivity contribution in [2.75, 3.05) is 18.6 Å². The Bertz CT molecular complexity index is 914. The molecule has 0 spiro atoms. The number of aromatic hydroxyl groups is 1. The van der Waals surface area contributed by atoms with Gasteiger partial charge in [-0.2, -0.15) is 11.8 Å². The molecule has 1 aromatic carbocycles. The van der Waals surface area contributed by atoms with Gasteiger partial charge in [0.15, 0.2) is 0 Å². The van der Waals surface area contributed by atoms with Gasteiger partial charge in [-0.25, -0.2) is 4.79 Å². The maximum Gasteiger partial charge on any atom is 0.326 e. The van der Waals surface area contributed by atoms with E-state index in [1.54, 1.807) is 0 Å². The summed E-state index contributed by atoms with van der Waals surface area (Å²) in [6.07, 6.45) is 1.53. The minimum Gasteiger partial charge on any atom is -0.508 e. The average molecular weight is 528 g/mol. The molecule has 0 radical (unpaired) electrons. The zero-order valence-corrected chi connectivity index (χ0v) is 20.6. The lowest BCUT2D eigenvalue weighted by atomic mass is 10.0. The largest absolute Gasteiger partial charge is 0.508 e. The fourth-order valence-electron chi connectivity index (χ4n) is 3.01. The molecule has 200 valence electrons. The number of carbonyl (C=O) groups excluding carboxylic acids is 4. The van der Waals surface area contributed by atoms with Gasteiger partial charge in [0, 0.05) is 12.8 Å². The lowest BCUT2D eigenvalue weighted by molar-refractivity contribution is -0.142. The summed E-state index contributed by atoms with van der Waals surface area (Å²) in [5.41, 5.74) is 11.4. The molecule has 0 aromatic heterocycles. The van der Waals surface area contributed by atoms with Gasteiger partial charge >= 0.3 is 5.97 Å². The van der Waals surface area contributed by atoms with E-state index in [4.69, 9.17) is 11.5 Å². The number of amides is 4. The number of aliphatic carboxylic acids is 1. The smallest absolute Gasteiger partial charge is 0.326 e. The number of aliphatic hydroxyl groups excluding tert-OH is 1. The molecule has 0 saturated heterocycles. The van der Waals surface area contributed by atoms with Crippen LogP contribution < -0.4 is 27.4 Å². The van der Waals surface area contributed by atoms with Crippen molar-refractivity contribution in [1.29, 1.82) is 0 Å². The van der Waals surface area contributed by atoms with Crippen LogP contribution in [0.15, 0.2) is 24.3 Å². The molecule has 4 atom stereocenters. The minimum absolute atomic E-state index is 0.0259. The highest BCUT2D eigenvalue weighted by atomic mass is 32.2. The van der Waals surface area contributed by atoms with Gasteiger partial charge in [-0.1, -0.05) is 12.1 Å². The number of hydrogen-bond donors (Lipinski definition) is 8. The quantitative estimate of drug-likeness (QED) is 0.116. The predicted octanol–water partition coefficient (Wildman–Crippen LogP) is -2.19. The number of phenolic OH excluding ortho intramolecular Hbond substituents is 1. The predicted molar refractivity (Wildman–Crippen MR) is 132 cm³/mol. The van der Waals surface area contributed by atoms with Crippen LogP contribution in [0.3, 0.4) is 0 Å². The molecule has 4 amide bonds. The Labute approximate surface area is 212 Å². The van der Waals surface area contributed by atoms with Crippen molar-refractivity contribution in [2.45, 2.75) is 49.9 Å². The van der Waals surface area contributed by atoms with E-state index in [0.717, 1.165) is 0 Å². The van der Waals surface area contributed by atoms with E-state index in [9.17, 15) is 39.3 Å². The number of carboxylic acids is 1. The van der Waals surface area contributed by atoms with Gasteiger partial charge in [0.1, 0.15) is 23.9 Å². The van der Waals surface area contributed by atoms with Gasteiger partial charge in [-0.05, 0) is 42.5 Å². The molecule has 14 heteroatoms. The van der Waals surface area contributed by atoms with E-state index in [1.165, 1.54) is 36.0 Å². The molecule has 0 saturated carbocycles. The van der Waals surface area contributed by atoms with Crippen LogP contribution in [0, 0.1) is 0 Å². The Hall–Kier alpha value is -3.36. The molecular weight excluding hydrogens is 494 g/mol. The molecular formula is C22H33N5O8S. The summed E-state index contributed by atoms with van der Waals surface area (Å²) < 4.78 is 0. The molecule has 13 nitrogen and oxygen atoms in total. The molecule has 36 heavy (non-hydrogen) atoms. The SMILES string of the molecule is CSCCC(N)C(=O)NC(CO)C(=O)NC(Cc1ccc(O)cc1)C(=O)NC(CCC(N)=O)C(=O)O. The van der Waals surface area contributed by atoms with Crippen molar-refractivity contribution in [3.8, 4) is 5.75 Å². The maximum absolute atomic E-state index is 12.9. The number of nitrogens with two attached hydrogens (primary N) is 2. The normalized spacial score (nSPS) is 14.1. The van der Waals surface area contributed by atoms with Crippen molar-refractivity contribution in [3.63, 3.8) is 0 Å². The van der Waals surface area contributed by atoms with Crippen LogP contribution in [-0.2, 0) is 30.4 Å². The van der Waals surface area contributed by atoms with E-state index in [1.807, 2.05) is 6.26 Å². The summed E-state index contributed by atoms with van der Waals surface area (Å²) in [5, 5.41) is 35.5. The van der Waals surface area contributed by atoms with E-state index < -0.39 is 60.4 Å². The highest BCUT2D eigenvalue weighted by Crippen LogP contribution is 2.12. The molecule has 0 fully saturated rings. The number of hydrogen-bond acceptors (Lipinski definition) is 9. The van der Waals surface area contributed by atoms with Gasteiger partial charge < -0.3 is 42.7 Å². The van der Waals surface area contributed by atoms with Gasteiger partial charge in [-0.15, -0.1) is 0 Å². The average Bonchev–Trinajstić information content (AvgIpc) is 2.83. The third-order valence-electron chi connectivity index (χ3n) is 5.09. The fourth-order valence-corrected chi connectivity index (χ4v) is 3.50. The first-order valence-corrected chi connectivity index (χ1v) is 12.4. The maximum atomic E-state index is 12.9. The van der Waals surface area contributed by atoms with E-state index in [2.05, 4.69) is 16.0 Å². The van der Waals surface area contributed by atoms with Gasteiger partial charge in [0.2, 0.25) is 23.6 Å². The molecule has 4 unspecified atom stereocenters. The van der Waals surface area contributed by atoms with Crippen LogP contribution in [-0.4, -0.2) is 87.7 Å². The van der Waals surface area contributed by atoms with Crippen LogP contribution in [0.5, 0.6) is 5.75 Å². The zero-order valence-electron chi connectivity index (χ0n) is 19.8. The Morgan fingerprint density at radius 1 is 0.917 bits per heavy atom. The second-order valence-electron chi connectivity index (χ2n) is 7.97. The van der Waals surface area contributed by atoms with E-state index >= 15 is 0 Å². The summed E-state index contributed by atoms with van der Waals surface area (Å²) in [5.74, 6) is -4.00. The van der Waals surface area contributed by atoms with Crippen molar-refractivity contribution in [2.24, 2.45) is 11.5 Å². The number of primary amides is 1. The third-order valence-corrected chi connectivity index (χ3v) is 5.73. The highest BCUT2D eigenvalue weighted by Gasteiger charge is 2.30. The number of phenols is 1. The molecule has 10 N–H and O–H groups in total. The standard InChI is InChI=1S/C22H33N5O8S/c1-36-9-8-14(23)19(31)27-17(11-28)21(33)26-16(10-12-2-4-13(29)5-3-12)20(32)25-15(22(34)35)6-7-18(24)30/h2-5,14-17,28-29H,6-11,23H2,1H3,(H2,24,30)(H,25,32)(H,26,33)(H,27,31)(H,34,35). The lowest BCUT2D eigenvalue weighted by Gasteiger charge is -2.24. The van der Waals surface area contributed by atoms with Crippen molar-refractivity contribution in [1.82, 2.24) is 16.0 Å². The van der Waals surface area contributed by atoms with Crippen molar-refractivity contribution in [3.05, 3.63) is 29.8 Å². The molecule has 0 aliphatic carbocycles. The highest BCUT2D eigenvalue weighted by molar-refractivity contribution is 7.98.